The van der Waals surface area contributed by atoms with Gasteiger partial charge in [-0.15, -0.1) is 0 Å². The molecule has 6 aromatic rings. The third kappa shape index (κ3) is 33.3. The zero-order valence-electron chi connectivity index (χ0n) is 65.9. The van der Waals surface area contributed by atoms with Crippen LogP contribution < -0.4 is 31.9 Å². The molecule has 13 N–H and O–H groups in total. The fraction of sp³-hybridized carbons (Fsp3) is 0.408. The molecule has 3 saturated heterocycles. The molecule has 58 heteroatoms. The molecule has 19 atom stereocenters. The quantitative estimate of drug-likeness (QED) is 0.0193. The number of amides is 6. The Morgan fingerprint density at radius 3 is 0.860 bits per heavy atom. The smallest absolute Gasteiger partial charge is 0.407 e. The molecule has 1 aliphatic carbocycles. The second-order valence-electron chi connectivity index (χ2n) is 27.9. The molecule has 6 aromatic carbocycles. The monoisotopic (exact) mass is 1960 g/mol. The highest BCUT2D eigenvalue weighted by Crippen LogP contribution is 2.45. The summed E-state index contributed by atoms with van der Waals surface area (Å²) < 4.78 is 361. The van der Waals surface area contributed by atoms with Gasteiger partial charge >= 0.3 is 109 Å². The highest BCUT2D eigenvalue weighted by atomic mass is 32.3. The molecule has 6 amide bonds. The van der Waals surface area contributed by atoms with Gasteiger partial charge in [0, 0.05) is 19.0 Å². The summed E-state index contributed by atoms with van der Waals surface area (Å²) in [6.45, 7) is -8.61. The van der Waals surface area contributed by atoms with Gasteiger partial charge in [0.15, 0.2) is 12.6 Å². The minimum absolute atomic E-state index is 0.174. The van der Waals surface area contributed by atoms with Crippen LogP contribution in [-0.4, -0.2) is 257 Å². The van der Waals surface area contributed by atoms with Crippen molar-refractivity contribution >= 4 is 109 Å². The lowest BCUT2D eigenvalue weighted by molar-refractivity contribution is -0.288. The van der Waals surface area contributed by atoms with E-state index in [4.69, 9.17) is 81.4 Å². The number of ether oxygens (including phenoxy) is 11. The van der Waals surface area contributed by atoms with Crippen molar-refractivity contribution in [2.45, 2.75) is 156 Å². The van der Waals surface area contributed by atoms with Crippen molar-refractivity contribution < 1.29 is 201 Å². The van der Waals surface area contributed by atoms with Gasteiger partial charge in [-0.3, -0.25) is 31.9 Å². The number of hydrogen-bond acceptors (Lipinski definition) is 38. The normalized spacial score (nSPS) is 25.7. The minimum atomic E-state index is -6.52. The van der Waals surface area contributed by atoms with Crippen LogP contribution in [0.25, 0.3) is 0 Å². The van der Waals surface area contributed by atoms with Crippen molar-refractivity contribution in [2.24, 2.45) is 5.92 Å². The summed E-state index contributed by atoms with van der Waals surface area (Å²) in [4.78, 5) is 85.5. The molecule has 4 fully saturated rings. The van der Waals surface area contributed by atoms with E-state index in [9.17, 15) is 120 Å². The third-order valence-electron chi connectivity index (χ3n) is 18.8. The topological polar surface area (TPSA) is 721 Å². The Morgan fingerprint density at radius 2 is 0.558 bits per heavy atom. The molecular formula is C71H82N6O45S7. The van der Waals surface area contributed by atoms with Gasteiger partial charge < -0.3 is 84.0 Å². The summed E-state index contributed by atoms with van der Waals surface area (Å²) in [5.41, 5.74) is 1.44. The third-order valence-corrected chi connectivity index (χ3v) is 22.0. The van der Waals surface area contributed by atoms with Gasteiger partial charge in [0.05, 0.1) is 30.9 Å². The largest absolute Gasteiger partial charge is 0.445 e. The van der Waals surface area contributed by atoms with Gasteiger partial charge in [-0.1, -0.05) is 182 Å². The first-order chi connectivity index (χ1) is 60.7. The fourth-order valence-electron chi connectivity index (χ4n) is 13.7. The molecule has 0 bridgehead atoms. The van der Waals surface area contributed by atoms with Gasteiger partial charge in [0.1, 0.15) is 113 Å². The molecular weight excluding hydrogens is 1880 g/mol. The van der Waals surface area contributed by atoms with Gasteiger partial charge in [-0.2, -0.15) is 58.9 Å². The Labute approximate surface area is 735 Å². The zero-order valence-corrected chi connectivity index (χ0v) is 71.6. The lowest BCUT2D eigenvalue weighted by atomic mass is 9.73. The Kier molecular flexibility index (Phi) is 35.3. The average molecular weight is 1960 g/mol. The molecule has 0 aromatic heterocycles. The number of hydrogen-bond donors (Lipinski definition) is 13. The zero-order chi connectivity index (χ0) is 93.7. The molecule has 10 rings (SSSR count). The van der Waals surface area contributed by atoms with E-state index in [2.05, 4.69) is 21.3 Å². The standard InChI is InChI=1S/C71H82N6O45S7/c78-66(105-34-41-19-7-1-8-20-41)72-32-49-58(118-125(90,91)92)61(120-127(96,97)98)53(76-70(82)109-38-45-27-15-5-16-28-45)64(113-49)115-55-47(74-68(80)107-36-43-23-11-3-12-24-43)31-48(75-69(81)108-37-44-25-13-4-14-26-44)56(117-124(87,88)89)52(55)60-63(122-129(102,103)104)57(51(112-60)40-111-123(84,85)86)116-65-54(77-71(83)110-39-46-29-17-6-18-30-46)62(121-128(99,100)101)59(119-126(93,94)95)50(114-65)33-73-67(79)106-35-42-21-9-2-10-22-42/h1-30,47-65H,31-40H2,(H,72,78)(H,73,79)(H,74,80)(H,75,81)(H,76,82)(H,77,83)(H,84,85,86)(H,87,88,89)(H,90,91,92)(H,93,94,95)(H,96,97,98)(H,99,100,101)(H,102,103,104)/t47-,48+,49+,50+,51+,52-,53+,54+,55+,56-,57+,58-,59+,60-,61+,62+,63-,64+,65-/m0/s1. The lowest BCUT2D eigenvalue weighted by Gasteiger charge is -2.51. The van der Waals surface area contributed by atoms with E-state index >= 15 is 0 Å². The maximum Gasteiger partial charge on any atom is 0.407 e. The van der Waals surface area contributed by atoms with E-state index in [0.29, 0.717) is 11.1 Å². The SMILES string of the molecule is O=C(NC[C@H]1O[C@H](O[C@H]2[C@H]([C@@H]3O[C@H](COS(=O)(=O)O)[C@@H](O[C@@H]4O[C@H](CNC(=O)OCc5ccccc5)[C@@H](OS(=O)(=O)O)[C@H](OS(=O)(=O)O)[C@H]4NC(=O)OCc4ccccc4)[C@@H]3OS(=O)(=O)O)[C@@H](OS(=O)(=O)O)[C@H](NC(=O)OCc3ccccc3)C[C@@H]2NC(=O)OCc2ccccc2)[C@H](NC(=O)OCc2ccccc2)[C@@H](OS(=O)(=O)O)[C@H]1OS(=O)(=O)O)OCc1ccccc1. The van der Waals surface area contributed by atoms with E-state index in [1.165, 1.54) is 164 Å². The summed E-state index contributed by atoms with van der Waals surface area (Å²) in [5, 5.41) is 12.8. The molecule has 3 aliphatic heterocycles. The first kappa shape index (κ1) is 101. The van der Waals surface area contributed by atoms with Crippen LogP contribution in [0.15, 0.2) is 182 Å². The van der Waals surface area contributed by atoms with Crippen LogP contribution in [0, 0.1) is 5.92 Å². The van der Waals surface area contributed by atoms with E-state index in [1.54, 1.807) is 18.2 Å². The fourth-order valence-corrected chi connectivity index (χ4v) is 17.1. The predicted molar refractivity (Wildman–Crippen MR) is 423 cm³/mol. The highest BCUT2D eigenvalue weighted by Gasteiger charge is 2.64. The van der Waals surface area contributed by atoms with Crippen LogP contribution in [0.4, 0.5) is 28.8 Å². The summed E-state index contributed by atoms with van der Waals surface area (Å²) in [5.74, 6) is -3.03. The van der Waals surface area contributed by atoms with Crippen LogP contribution in [0.1, 0.15) is 39.8 Å². The molecule has 0 spiro atoms. The van der Waals surface area contributed by atoms with Crippen molar-refractivity contribution in [3.63, 3.8) is 0 Å². The lowest BCUT2D eigenvalue weighted by Crippen LogP contribution is -2.71. The first-order valence-electron chi connectivity index (χ1n) is 37.3. The molecule has 1 saturated carbocycles. The second kappa shape index (κ2) is 45.1. The molecule has 0 radical (unpaired) electrons. The minimum Gasteiger partial charge on any atom is -0.445 e. The molecule has 0 unspecified atom stereocenters. The Balaban J connectivity index is 1.21. The first-order valence-corrected chi connectivity index (χ1v) is 46.9. The number of rotatable bonds is 40. The summed E-state index contributed by atoms with van der Waals surface area (Å²) in [6.07, 6.45) is -52.6. The molecule has 129 heavy (non-hydrogen) atoms. The average Bonchev–Trinajstić information content (AvgIpc) is 1.42. The molecule has 4 aliphatic rings. The van der Waals surface area contributed by atoms with E-state index in [0.717, 1.165) is 0 Å². The van der Waals surface area contributed by atoms with Crippen molar-refractivity contribution in [1.82, 2.24) is 31.9 Å². The number of carbonyl (C=O) groups excluding carboxylic acids is 6. The van der Waals surface area contributed by atoms with Crippen molar-refractivity contribution in [3.8, 4) is 0 Å². The van der Waals surface area contributed by atoms with Crippen LogP contribution in [-0.2, 0) is 194 Å². The van der Waals surface area contributed by atoms with Crippen molar-refractivity contribution in [2.75, 3.05) is 19.7 Å². The summed E-state index contributed by atoms with van der Waals surface area (Å²) >= 11 is 0. The van der Waals surface area contributed by atoms with Crippen LogP contribution in [0.5, 0.6) is 0 Å². The highest BCUT2D eigenvalue weighted by molar-refractivity contribution is 7.82. The van der Waals surface area contributed by atoms with Gasteiger partial charge in [-0.25, -0.2) is 58.0 Å². The summed E-state index contributed by atoms with van der Waals surface area (Å²) in [7, 11) is -43.6. The van der Waals surface area contributed by atoms with Gasteiger partial charge in [0.25, 0.3) is 0 Å². The molecule has 708 valence electrons. The number of benzene rings is 6. The summed E-state index contributed by atoms with van der Waals surface area (Å²) in [6, 6.07) is 33.6. The molecule has 3 heterocycles. The Morgan fingerprint density at radius 1 is 0.295 bits per heavy atom. The number of nitrogens with one attached hydrogen (secondary N) is 6. The van der Waals surface area contributed by atoms with E-state index < -0.39 is 291 Å². The maximum atomic E-state index is 14.8. The number of alkyl carbamates (subject to hydrolysis) is 6. The van der Waals surface area contributed by atoms with E-state index in [-0.39, 0.29) is 22.3 Å². The predicted octanol–water partition coefficient (Wildman–Crippen LogP) is 1.97. The van der Waals surface area contributed by atoms with Crippen molar-refractivity contribution in [1.29, 1.82) is 0 Å². The molecule has 51 nitrogen and oxygen atoms in total. The van der Waals surface area contributed by atoms with Gasteiger partial charge in [-0.05, 0) is 39.8 Å². The number of carbonyl (C=O) groups is 6. The maximum absolute atomic E-state index is 14.8. The van der Waals surface area contributed by atoms with E-state index in [1.807, 2.05) is 10.6 Å². The van der Waals surface area contributed by atoms with Crippen molar-refractivity contribution in [3.05, 3.63) is 215 Å². The van der Waals surface area contributed by atoms with Crippen LogP contribution >= 0.6 is 0 Å². The van der Waals surface area contributed by atoms with Gasteiger partial charge in [0.2, 0.25) is 0 Å². The van der Waals surface area contributed by atoms with Crippen LogP contribution in [0.3, 0.4) is 0 Å². The second-order valence-corrected chi connectivity index (χ2v) is 35.2. The Hall–Kier alpha value is -10.2. The Bertz CT molecular complexity index is 5610. The van der Waals surface area contributed by atoms with Crippen LogP contribution in [0.2, 0.25) is 0 Å².